The Hall–Kier alpha value is -9.16. The Morgan fingerprint density at radius 3 is 1.41 bits per heavy atom. The van der Waals surface area contributed by atoms with Gasteiger partial charge in [-0.25, -0.2) is 0 Å². The highest BCUT2D eigenvalue weighted by Gasteiger charge is 2.40. The quantitative estimate of drug-likeness (QED) is 0.0150. The van der Waals surface area contributed by atoms with Crippen LogP contribution in [0.5, 0.6) is 0 Å². The monoisotopic (exact) mass is 1140 g/mol. The minimum absolute atomic E-state index is 0.0874. The highest BCUT2D eigenvalue weighted by Crippen LogP contribution is 2.30. The molecule has 34 nitrogen and oxygen atoms in total. The molecular formula is C47H62N14O20. The summed E-state index contributed by atoms with van der Waals surface area (Å²) in [5, 5.41) is 91.8. The van der Waals surface area contributed by atoms with Crippen LogP contribution in [0.1, 0.15) is 52.4 Å². The van der Waals surface area contributed by atoms with Gasteiger partial charge in [0.25, 0.3) is 23.6 Å². The number of nitrogens with one attached hydrogen (secondary N) is 12. The van der Waals surface area contributed by atoms with Crippen molar-refractivity contribution in [3.05, 3.63) is 71.0 Å². The molecule has 2 aromatic carbocycles. The molecule has 81 heavy (non-hydrogen) atoms. The van der Waals surface area contributed by atoms with Crippen molar-refractivity contribution in [2.24, 2.45) is 0 Å². The third-order valence-electron chi connectivity index (χ3n) is 12.2. The number of nitrogens with zero attached hydrogens (tertiary/aromatic N) is 2. The van der Waals surface area contributed by atoms with Crippen molar-refractivity contribution in [1.29, 1.82) is 0 Å². The van der Waals surface area contributed by atoms with Gasteiger partial charge in [-0.05, 0) is 50.1 Å². The summed E-state index contributed by atoms with van der Waals surface area (Å²) >= 11 is 0. The molecule has 2 aromatic heterocycles. The van der Waals surface area contributed by atoms with Crippen LogP contribution >= 0.6 is 0 Å². The van der Waals surface area contributed by atoms with E-state index >= 15 is 0 Å². The van der Waals surface area contributed by atoms with Crippen LogP contribution in [-0.4, -0.2) is 228 Å². The number of aromatic nitrogens is 2. The number of H-pyrrole nitrogens is 2. The summed E-state index contributed by atoms with van der Waals surface area (Å²) in [6.07, 6.45) is -0.505. The van der Waals surface area contributed by atoms with Gasteiger partial charge in [-0.1, -0.05) is 36.4 Å². The fourth-order valence-corrected chi connectivity index (χ4v) is 8.29. The summed E-state index contributed by atoms with van der Waals surface area (Å²) in [6.45, 7) is -4.65. The van der Waals surface area contributed by atoms with Crippen molar-refractivity contribution in [2.45, 2.75) is 50.2 Å². The molecule has 0 saturated carbocycles. The zero-order valence-electron chi connectivity index (χ0n) is 43.3. The first-order chi connectivity index (χ1) is 38.1. The normalized spacial score (nSPS) is 12.4. The number of carboxylic acid groups (broad SMARTS) is 8. The van der Waals surface area contributed by atoms with Gasteiger partial charge in [0.05, 0.1) is 58.0 Å². The first-order valence-corrected chi connectivity index (χ1v) is 24.2. The van der Waals surface area contributed by atoms with Crippen molar-refractivity contribution in [3.63, 3.8) is 0 Å². The Morgan fingerprint density at radius 1 is 0.506 bits per heavy atom. The number of carbonyl (C=O) groups excluding carboxylic acids is 4. The van der Waals surface area contributed by atoms with Crippen molar-refractivity contribution in [3.8, 4) is 0 Å². The largest absolute Gasteiger partial charge is 0.480 e. The van der Waals surface area contributed by atoms with Gasteiger partial charge in [0.1, 0.15) is 29.3 Å². The lowest BCUT2D eigenvalue weighted by molar-refractivity contribution is -0.145. The molecule has 4 rings (SSSR count). The topological polar surface area (TPSA) is 525 Å². The maximum Gasteiger partial charge on any atom is 0.324 e. The molecule has 0 fully saturated rings. The molecule has 0 radical (unpaired) electrons. The molecule has 0 aliphatic heterocycles. The van der Waals surface area contributed by atoms with Crippen LogP contribution in [-0.2, 0) is 54.4 Å². The summed E-state index contributed by atoms with van der Waals surface area (Å²) in [6, 6.07) is 10.2. The Balaban J connectivity index is 1.47. The maximum atomic E-state index is 14.0. The minimum Gasteiger partial charge on any atom is -0.480 e. The summed E-state index contributed by atoms with van der Waals surface area (Å²) in [4.78, 5) is 156. The molecule has 0 spiro atoms. The Morgan fingerprint density at radius 2 is 0.963 bits per heavy atom. The molecule has 20 N–H and O–H groups in total. The highest BCUT2D eigenvalue weighted by atomic mass is 16.4. The number of para-hydroxylation sites is 2. The van der Waals surface area contributed by atoms with Crippen molar-refractivity contribution in [2.75, 3.05) is 72.0 Å². The third kappa shape index (κ3) is 19.6. The molecule has 0 aliphatic carbocycles. The van der Waals surface area contributed by atoms with Gasteiger partial charge >= 0.3 is 47.8 Å². The highest BCUT2D eigenvalue weighted by molar-refractivity contribution is 6.05. The van der Waals surface area contributed by atoms with Crippen LogP contribution in [0, 0.1) is 0 Å². The van der Waals surface area contributed by atoms with E-state index in [2.05, 4.69) is 63.6 Å². The van der Waals surface area contributed by atoms with Crippen molar-refractivity contribution >= 4 is 93.2 Å². The number of amides is 4. The van der Waals surface area contributed by atoms with E-state index in [1.165, 1.54) is 13.8 Å². The van der Waals surface area contributed by atoms with Gasteiger partial charge in [-0.15, -0.1) is 0 Å². The molecule has 2 unspecified atom stereocenters. The molecule has 0 saturated heterocycles. The van der Waals surface area contributed by atoms with E-state index in [4.69, 9.17) is 10.2 Å². The zero-order valence-corrected chi connectivity index (χ0v) is 43.3. The summed E-state index contributed by atoms with van der Waals surface area (Å²) in [5.74, 6) is -16.8. The average Bonchev–Trinajstić information content (AvgIpc) is 4.21. The predicted octanol–water partition coefficient (Wildman–Crippen LogP) is -4.90. The van der Waals surface area contributed by atoms with Crippen LogP contribution in [0.25, 0.3) is 21.8 Å². The number of carboxylic acids is 8. The zero-order chi connectivity index (χ0) is 60.2. The lowest BCUT2D eigenvalue weighted by atomic mass is 9.98. The van der Waals surface area contributed by atoms with Gasteiger partial charge in [0, 0.05) is 41.3 Å². The molecule has 34 heteroatoms. The van der Waals surface area contributed by atoms with E-state index in [0.29, 0.717) is 32.9 Å². The van der Waals surface area contributed by atoms with Gasteiger partial charge in [0.2, 0.25) is 0 Å². The molecule has 440 valence electrons. The number of rotatable bonds is 36. The van der Waals surface area contributed by atoms with E-state index in [1.54, 1.807) is 48.5 Å². The Kier molecular flexibility index (Phi) is 23.6. The molecule has 0 bridgehead atoms. The van der Waals surface area contributed by atoms with Crippen molar-refractivity contribution < 1.29 is 98.4 Å². The smallest absolute Gasteiger partial charge is 0.324 e. The number of carbonyl (C=O) groups is 12. The number of aliphatic carboxylic acids is 8. The van der Waals surface area contributed by atoms with Gasteiger partial charge < -0.3 is 56.1 Å². The minimum atomic E-state index is -1.87. The fraction of sp³-hybridized carbons (Fsp3) is 0.404. The van der Waals surface area contributed by atoms with Crippen LogP contribution in [0.4, 0.5) is 0 Å². The SMILES string of the molecule is CC(NCC(=O)O)(NCC(=O)O)C(NCCC(NCC(=O)NNC(=O)c1[nH]c2ccccc2c1Cc1c(C(=O)NNC(=O)CN(CCN(CC(=O)O)C(C)(NCC(=O)O)NCC(=O)O)CC(=O)O)[nH]c2ccccc12)C(=O)O)C(=O)O. The Bertz CT molecular complexity index is 2960. The second-order valence-electron chi connectivity index (χ2n) is 18.2. The van der Waals surface area contributed by atoms with Crippen molar-refractivity contribution in [1.82, 2.24) is 73.4 Å². The van der Waals surface area contributed by atoms with Gasteiger partial charge in [-0.2, -0.15) is 0 Å². The predicted molar refractivity (Wildman–Crippen MR) is 277 cm³/mol. The molecule has 0 aliphatic rings. The summed E-state index contributed by atoms with van der Waals surface area (Å²) in [5.41, 5.74) is 8.41. The van der Waals surface area contributed by atoms with E-state index in [-0.39, 0.29) is 43.9 Å². The molecule has 4 amide bonds. The van der Waals surface area contributed by atoms with E-state index < -0.39 is 147 Å². The van der Waals surface area contributed by atoms with E-state index in [9.17, 15) is 88.2 Å². The van der Waals surface area contributed by atoms with Gasteiger partial charge in [0.15, 0.2) is 0 Å². The van der Waals surface area contributed by atoms with Crippen LogP contribution < -0.4 is 53.6 Å². The second kappa shape index (κ2) is 29.7. The number of hydrazine groups is 2. The molecule has 4 aromatic rings. The standard InChI is InChI=1S/C47H62N14O20/c1-46(50-17-33(64)65,51-18-34(66)67)41(45(80)81)48-12-11-30(44(78)79)49-16-31(62)56-58-42(76)39-26(24-7-3-5-9-28(24)54-39)15-27-25-8-4-6-10-29(25)55-40(27)43(77)59-57-32(63)21-60(22-37(72)73)13-14-61(23-38(74)75)47(2,52-19-35(68)69)53-20-36(70)71/h3-10,30,41,48-55H,11-23H2,1-2H3,(H,56,62)(H,57,63)(H,58,76)(H,59,77)(H,64,65)(H,66,67)(H,68,69)(H,70,71)(H,72,73)(H,74,75)(H,78,79)(H,80,81). The lowest BCUT2D eigenvalue weighted by Crippen LogP contribution is -2.70. The van der Waals surface area contributed by atoms with Gasteiger partial charge in [-0.3, -0.25) is 116 Å². The fourth-order valence-electron chi connectivity index (χ4n) is 8.29. The number of aromatic amines is 2. The maximum absolute atomic E-state index is 14.0. The van der Waals surface area contributed by atoms with Crippen LogP contribution in [0.2, 0.25) is 0 Å². The number of hydrogen-bond acceptors (Lipinski definition) is 20. The molecule has 2 atom stereocenters. The Labute approximate surface area is 457 Å². The second-order valence-corrected chi connectivity index (χ2v) is 18.2. The molecular weight excluding hydrogens is 1080 g/mol. The number of benzene rings is 2. The summed E-state index contributed by atoms with van der Waals surface area (Å²) < 4.78 is 0. The lowest BCUT2D eigenvalue weighted by Gasteiger charge is -2.42. The number of hydrogen-bond donors (Lipinski definition) is 20. The van der Waals surface area contributed by atoms with E-state index in [0.717, 1.165) is 9.80 Å². The number of fused-ring (bicyclic) bond motifs is 2. The van der Waals surface area contributed by atoms with Crippen LogP contribution in [0.3, 0.4) is 0 Å². The van der Waals surface area contributed by atoms with Crippen LogP contribution in [0.15, 0.2) is 48.5 Å². The average molecular weight is 1140 g/mol. The third-order valence-corrected chi connectivity index (χ3v) is 12.2. The first-order valence-electron chi connectivity index (χ1n) is 24.2. The first kappa shape index (κ1) is 64.4. The van der Waals surface area contributed by atoms with E-state index in [1.807, 2.05) is 0 Å². The summed E-state index contributed by atoms with van der Waals surface area (Å²) in [7, 11) is 0. The molecule has 2 heterocycles.